The lowest BCUT2D eigenvalue weighted by atomic mass is 9.94. The Balaban J connectivity index is 1.69. The van der Waals surface area contributed by atoms with Crippen molar-refractivity contribution in [2.45, 2.75) is 51.6 Å². The fourth-order valence-electron chi connectivity index (χ4n) is 5.01. The highest BCUT2D eigenvalue weighted by molar-refractivity contribution is 5.99. The highest BCUT2D eigenvalue weighted by Gasteiger charge is 2.42. The van der Waals surface area contributed by atoms with Gasteiger partial charge in [-0.2, -0.15) is 0 Å². The van der Waals surface area contributed by atoms with E-state index in [-0.39, 0.29) is 5.82 Å². The summed E-state index contributed by atoms with van der Waals surface area (Å²) in [4.78, 5) is 0. The zero-order chi connectivity index (χ0) is 23.1. The van der Waals surface area contributed by atoms with E-state index < -0.39 is 11.4 Å². The number of aromatic nitrogens is 4. The standard InChI is InChI=1S/C25H25F2N5O/c1-5-31-9-8-15-16(10-14(26)11-19(15)31)17-12-18(27)20-21(22(17)33-4)32-23(13-6-7-13)29-30-24(32)25(2,3)28-20/h8-13,28H,5-7H2,1-4H3. The van der Waals surface area contributed by atoms with E-state index in [9.17, 15) is 4.39 Å². The van der Waals surface area contributed by atoms with Gasteiger partial charge in [-0.25, -0.2) is 8.78 Å². The molecule has 1 aliphatic heterocycles. The molecule has 8 heteroatoms. The zero-order valence-corrected chi connectivity index (χ0v) is 19.0. The molecule has 1 fully saturated rings. The van der Waals surface area contributed by atoms with Crippen molar-refractivity contribution in [2.24, 2.45) is 0 Å². The molecule has 2 aromatic carbocycles. The second kappa shape index (κ2) is 6.79. The van der Waals surface area contributed by atoms with Crippen LogP contribution < -0.4 is 10.1 Å². The van der Waals surface area contributed by atoms with Crippen molar-refractivity contribution in [3.05, 3.63) is 53.7 Å². The van der Waals surface area contributed by atoms with Gasteiger partial charge in [0.1, 0.15) is 23.1 Å². The van der Waals surface area contributed by atoms with Gasteiger partial charge in [-0.3, -0.25) is 4.57 Å². The van der Waals surface area contributed by atoms with Crippen LogP contribution in [-0.2, 0) is 12.1 Å². The maximum atomic E-state index is 15.7. The molecule has 0 unspecified atom stereocenters. The van der Waals surface area contributed by atoms with E-state index in [0.717, 1.165) is 29.6 Å². The molecule has 3 heterocycles. The molecule has 2 aromatic heterocycles. The number of hydrogen-bond donors (Lipinski definition) is 1. The first-order valence-corrected chi connectivity index (χ1v) is 11.3. The van der Waals surface area contributed by atoms with Crippen molar-refractivity contribution in [3.63, 3.8) is 0 Å². The molecule has 6 nitrogen and oxygen atoms in total. The van der Waals surface area contributed by atoms with Crippen LogP contribution in [0.4, 0.5) is 14.5 Å². The third-order valence-electron chi connectivity index (χ3n) is 6.75. The van der Waals surface area contributed by atoms with E-state index in [1.165, 1.54) is 18.2 Å². The number of hydrogen-bond acceptors (Lipinski definition) is 4. The predicted octanol–water partition coefficient (Wildman–Crippen LogP) is 5.73. The minimum Gasteiger partial charge on any atom is -0.494 e. The Hall–Kier alpha value is -3.42. The minimum atomic E-state index is -0.620. The maximum Gasteiger partial charge on any atom is 0.163 e. The van der Waals surface area contributed by atoms with Crippen LogP contribution in [0.25, 0.3) is 27.7 Å². The van der Waals surface area contributed by atoms with Gasteiger partial charge >= 0.3 is 0 Å². The Kier molecular flexibility index (Phi) is 4.16. The van der Waals surface area contributed by atoms with Gasteiger partial charge in [0.15, 0.2) is 11.6 Å². The maximum absolute atomic E-state index is 15.7. The average Bonchev–Trinajstić information content (AvgIpc) is 3.38. The predicted molar refractivity (Wildman–Crippen MR) is 123 cm³/mol. The second-order valence-corrected chi connectivity index (χ2v) is 9.39. The highest BCUT2D eigenvalue weighted by atomic mass is 19.1. The summed E-state index contributed by atoms with van der Waals surface area (Å²) in [5.74, 6) is 1.47. The quantitative estimate of drug-likeness (QED) is 0.432. The van der Waals surface area contributed by atoms with Gasteiger partial charge in [-0.1, -0.05) is 0 Å². The SMILES string of the molecule is CCn1ccc2c(-c3cc(F)c4c(c3OC)-n3c(C5CC5)nnc3C(C)(C)N4)cc(F)cc21. The summed E-state index contributed by atoms with van der Waals surface area (Å²) in [6.45, 7) is 6.62. The molecule has 0 radical (unpaired) electrons. The number of methoxy groups -OCH3 is 1. The third-order valence-corrected chi connectivity index (χ3v) is 6.75. The average molecular weight is 450 g/mol. The van der Waals surface area contributed by atoms with Crippen LogP contribution in [0.1, 0.15) is 51.2 Å². The third kappa shape index (κ3) is 2.82. The summed E-state index contributed by atoms with van der Waals surface area (Å²) in [7, 11) is 1.56. The summed E-state index contributed by atoms with van der Waals surface area (Å²) < 4.78 is 40.3. The van der Waals surface area contributed by atoms with Gasteiger partial charge in [0, 0.05) is 29.6 Å². The molecule has 1 saturated carbocycles. The molecule has 33 heavy (non-hydrogen) atoms. The van der Waals surface area contributed by atoms with Gasteiger partial charge in [-0.05, 0) is 63.4 Å². The molecule has 170 valence electrons. The number of aryl methyl sites for hydroxylation is 1. The van der Waals surface area contributed by atoms with Crippen LogP contribution in [0.5, 0.6) is 5.75 Å². The first-order chi connectivity index (χ1) is 15.8. The van der Waals surface area contributed by atoms with Crippen LogP contribution in [-0.4, -0.2) is 26.4 Å². The fourth-order valence-corrected chi connectivity index (χ4v) is 5.01. The number of anilines is 1. The van der Waals surface area contributed by atoms with Crippen molar-refractivity contribution < 1.29 is 13.5 Å². The Morgan fingerprint density at radius 2 is 1.94 bits per heavy atom. The Morgan fingerprint density at radius 3 is 2.64 bits per heavy atom. The number of ether oxygens (including phenoxy) is 1. The van der Waals surface area contributed by atoms with Gasteiger partial charge in [-0.15, -0.1) is 10.2 Å². The molecular formula is C25H25F2N5O. The van der Waals surface area contributed by atoms with E-state index >= 15 is 4.39 Å². The number of halogens is 2. The molecule has 6 rings (SSSR count). The van der Waals surface area contributed by atoms with Crippen LogP contribution in [0.15, 0.2) is 30.5 Å². The Bertz CT molecular complexity index is 1430. The molecule has 0 bridgehead atoms. The van der Waals surface area contributed by atoms with Crippen LogP contribution in [0.2, 0.25) is 0 Å². The number of nitrogens with one attached hydrogen (secondary N) is 1. The molecule has 4 aromatic rings. The van der Waals surface area contributed by atoms with Gasteiger partial charge in [0.2, 0.25) is 0 Å². The van der Waals surface area contributed by atoms with Crippen LogP contribution in [0, 0.1) is 11.6 Å². The molecule has 1 N–H and O–H groups in total. The second-order valence-electron chi connectivity index (χ2n) is 9.39. The molecule has 0 spiro atoms. The summed E-state index contributed by atoms with van der Waals surface area (Å²) in [6, 6.07) is 6.33. The highest BCUT2D eigenvalue weighted by Crippen LogP contribution is 2.51. The number of benzene rings is 2. The monoisotopic (exact) mass is 449 g/mol. The Morgan fingerprint density at radius 1 is 1.15 bits per heavy atom. The van der Waals surface area contributed by atoms with Crippen molar-refractivity contribution in [1.29, 1.82) is 0 Å². The summed E-state index contributed by atoms with van der Waals surface area (Å²) in [6.07, 6.45) is 3.98. The molecule has 0 saturated heterocycles. The normalized spacial score (nSPS) is 16.4. The summed E-state index contributed by atoms with van der Waals surface area (Å²) in [5.41, 5.74) is 2.11. The lowest BCUT2D eigenvalue weighted by Gasteiger charge is -2.35. The smallest absolute Gasteiger partial charge is 0.163 e. The lowest BCUT2D eigenvalue weighted by molar-refractivity contribution is 0.409. The summed E-state index contributed by atoms with van der Waals surface area (Å²) in [5, 5.41) is 13.1. The summed E-state index contributed by atoms with van der Waals surface area (Å²) >= 11 is 0. The van der Waals surface area contributed by atoms with Crippen molar-refractivity contribution in [1.82, 2.24) is 19.3 Å². The van der Waals surface area contributed by atoms with Crippen molar-refractivity contribution >= 4 is 16.6 Å². The van der Waals surface area contributed by atoms with Crippen molar-refractivity contribution in [2.75, 3.05) is 12.4 Å². The number of fused-ring (bicyclic) bond motifs is 4. The first-order valence-electron chi connectivity index (χ1n) is 11.3. The topological polar surface area (TPSA) is 56.9 Å². The van der Waals surface area contributed by atoms with Crippen molar-refractivity contribution in [3.8, 4) is 22.6 Å². The van der Waals surface area contributed by atoms with E-state index in [1.54, 1.807) is 7.11 Å². The first kappa shape index (κ1) is 20.2. The van der Waals surface area contributed by atoms with Crippen LogP contribution in [0.3, 0.4) is 0 Å². The van der Waals surface area contributed by atoms with Gasteiger partial charge in [0.05, 0.1) is 23.9 Å². The van der Waals surface area contributed by atoms with Gasteiger partial charge in [0.25, 0.3) is 0 Å². The zero-order valence-electron chi connectivity index (χ0n) is 19.0. The van der Waals surface area contributed by atoms with Crippen LogP contribution >= 0.6 is 0 Å². The van der Waals surface area contributed by atoms with E-state index in [0.29, 0.717) is 46.5 Å². The number of rotatable bonds is 4. The molecule has 1 aliphatic carbocycles. The molecule has 0 amide bonds. The molecular weight excluding hydrogens is 424 g/mol. The molecule has 0 atom stereocenters. The Labute approximate surface area is 190 Å². The minimum absolute atomic E-state index is 0.295. The van der Waals surface area contributed by atoms with E-state index in [2.05, 4.69) is 15.5 Å². The molecule has 2 aliphatic rings. The fraction of sp³-hybridized carbons (Fsp3) is 0.360. The van der Waals surface area contributed by atoms with E-state index in [4.69, 9.17) is 4.74 Å². The number of nitrogens with zero attached hydrogens (tertiary/aromatic N) is 4. The largest absolute Gasteiger partial charge is 0.494 e. The van der Waals surface area contributed by atoms with Gasteiger partial charge < -0.3 is 14.6 Å². The lowest BCUT2D eigenvalue weighted by Crippen LogP contribution is -2.36. The van der Waals surface area contributed by atoms with E-state index in [1.807, 2.05) is 42.2 Å².